The Balaban J connectivity index is 0.00000205. The lowest BCUT2D eigenvalue weighted by Gasteiger charge is -2.36. The van der Waals surface area contributed by atoms with Gasteiger partial charge in [-0.1, -0.05) is 24.3 Å². The summed E-state index contributed by atoms with van der Waals surface area (Å²) >= 11 is 0. The Morgan fingerprint density at radius 3 is 2.76 bits per heavy atom. The topological polar surface area (TPSA) is 63.1 Å². The minimum atomic E-state index is -0.0196. The molecule has 2 aliphatic rings. The van der Waals surface area contributed by atoms with Crippen molar-refractivity contribution in [3.8, 4) is 5.69 Å². The first-order chi connectivity index (χ1) is 13.8. The Morgan fingerprint density at radius 2 is 1.97 bits per heavy atom. The Kier molecular flexibility index (Phi) is 5.65. The molecule has 6 nitrogen and oxygen atoms in total. The maximum absolute atomic E-state index is 13.6. The summed E-state index contributed by atoms with van der Waals surface area (Å²) in [4.78, 5) is 19.8. The standard InChI is InChI=1S/C22H23N5O.ClH/c28-22(26-13-12-24-15-20(26)16-6-5-11-23-14-16)21-18-9-4-10-19(18)27(25-21)17-7-2-1-3-8-17;/h1-3,5-8,11,14,20,24H,4,9-10,12-13,15H2;1H. The second kappa shape index (κ2) is 8.35. The van der Waals surface area contributed by atoms with Crippen LogP contribution in [0.1, 0.15) is 39.8 Å². The smallest absolute Gasteiger partial charge is 0.275 e. The van der Waals surface area contributed by atoms with E-state index in [0.717, 1.165) is 49.2 Å². The Bertz CT molecular complexity index is 989. The molecule has 0 bridgehead atoms. The van der Waals surface area contributed by atoms with Crippen molar-refractivity contribution in [2.75, 3.05) is 19.6 Å². The minimum absolute atomic E-state index is 0. The molecular weight excluding hydrogens is 386 g/mol. The lowest BCUT2D eigenvalue weighted by atomic mass is 10.0. The number of aromatic nitrogens is 3. The summed E-state index contributed by atoms with van der Waals surface area (Å²) in [7, 11) is 0. The van der Waals surface area contributed by atoms with Crippen molar-refractivity contribution < 1.29 is 4.79 Å². The number of hydrogen-bond donors (Lipinski definition) is 1. The predicted octanol–water partition coefficient (Wildman–Crippen LogP) is 2.96. The number of rotatable bonds is 3. The lowest BCUT2D eigenvalue weighted by Crippen LogP contribution is -2.49. The van der Waals surface area contributed by atoms with E-state index in [1.54, 1.807) is 6.20 Å². The van der Waals surface area contributed by atoms with E-state index in [-0.39, 0.29) is 24.4 Å². The highest BCUT2D eigenvalue weighted by Crippen LogP contribution is 2.31. The molecule has 1 aliphatic carbocycles. The van der Waals surface area contributed by atoms with Gasteiger partial charge in [-0.25, -0.2) is 4.68 Å². The summed E-state index contributed by atoms with van der Waals surface area (Å²) in [5.74, 6) is 0.0307. The number of carbonyl (C=O) groups excluding carboxylic acids is 1. The Hall–Kier alpha value is -2.70. The van der Waals surface area contributed by atoms with Crippen LogP contribution in [0.15, 0.2) is 54.9 Å². The zero-order chi connectivity index (χ0) is 18.9. The van der Waals surface area contributed by atoms with Gasteiger partial charge in [0.2, 0.25) is 0 Å². The summed E-state index contributed by atoms with van der Waals surface area (Å²) in [5.41, 5.74) is 5.00. The molecule has 3 heterocycles. The van der Waals surface area contributed by atoms with E-state index in [9.17, 15) is 4.79 Å². The summed E-state index contributed by atoms with van der Waals surface area (Å²) in [5, 5.41) is 8.20. The van der Waals surface area contributed by atoms with Crippen LogP contribution in [0, 0.1) is 0 Å². The number of halogens is 1. The molecule has 1 amide bonds. The van der Waals surface area contributed by atoms with Crippen LogP contribution >= 0.6 is 12.4 Å². The van der Waals surface area contributed by atoms with Crippen molar-refractivity contribution in [1.29, 1.82) is 0 Å². The molecular formula is C22H24ClN5O. The fourth-order valence-corrected chi connectivity index (χ4v) is 4.35. The number of nitrogens with zero attached hydrogens (tertiary/aromatic N) is 4. The van der Waals surface area contributed by atoms with Crippen molar-refractivity contribution >= 4 is 18.3 Å². The molecule has 2 aromatic heterocycles. The second-order valence-electron chi connectivity index (χ2n) is 7.38. The van der Waals surface area contributed by atoms with E-state index >= 15 is 0 Å². The Labute approximate surface area is 176 Å². The van der Waals surface area contributed by atoms with E-state index in [0.29, 0.717) is 12.2 Å². The number of nitrogens with one attached hydrogen (secondary N) is 1. The molecule has 1 saturated heterocycles. The van der Waals surface area contributed by atoms with Crippen molar-refractivity contribution in [1.82, 2.24) is 25.0 Å². The lowest BCUT2D eigenvalue weighted by molar-refractivity contribution is 0.0626. The monoisotopic (exact) mass is 409 g/mol. The average Bonchev–Trinajstić information content (AvgIpc) is 3.37. The number of para-hydroxylation sites is 1. The van der Waals surface area contributed by atoms with Crippen LogP contribution in [0.5, 0.6) is 0 Å². The number of carbonyl (C=O) groups is 1. The molecule has 1 unspecified atom stereocenters. The molecule has 150 valence electrons. The maximum Gasteiger partial charge on any atom is 0.275 e. The zero-order valence-corrected chi connectivity index (χ0v) is 16.9. The third kappa shape index (κ3) is 3.54. The van der Waals surface area contributed by atoms with Crippen LogP contribution in [0.4, 0.5) is 0 Å². The molecule has 1 atom stereocenters. The number of benzene rings is 1. The van der Waals surface area contributed by atoms with Crippen molar-refractivity contribution in [2.24, 2.45) is 0 Å². The molecule has 29 heavy (non-hydrogen) atoms. The molecule has 1 aliphatic heterocycles. The van der Waals surface area contributed by atoms with Gasteiger partial charge in [0.15, 0.2) is 5.69 Å². The molecule has 1 N–H and O–H groups in total. The summed E-state index contributed by atoms with van der Waals surface area (Å²) in [6, 6.07) is 14.1. The van der Waals surface area contributed by atoms with Gasteiger partial charge in [0.05, 0.1) is 11.7 Å². The van der Waals surface area contributed by atoms with Crippen LogP contribution in [-0.2, 0) is 12.8 Å². The highest BCUT2D eigenvalue weighted by molar-refractivity contribution is 5.94. The van der Waals surface area contributed by atoms with Crippen molar-refractivity contribution in [2.45, 2.75) is 25.3 Å². The fourth-order valence-electron chi connectivity index (χ4n) is 4.35. The molecule has 7 heteroatoms. The van der Waals surface area contributed by atoms with Crippen LogP contribution in [0.2, 0.25) is 0 Å². The number of hydrogen-bond acceptors (Lipinski definition) is 4. The first-order valence-electron chi connectivity index (χ1n) is 9.91. The average molecular weight is 410 g/mol. The third-order valence-corrected chi connectivity index (χ3v) is 5.71. The third-order valence-electron chi connectivity index (χ3n) is 5.71. The highest BCUT2D eigenvalue weighted by Gasteiger charge is 2.34. The Morgan fingerprint density at radius 1 is 1.10 bits per heavy atom. The normalized spacial score (nSPS) is 18.2. The largest absolute Gasteiger partial charge is 0.328 e. The van der Waals surface area contributed by atoms with Gasteiger partial charge < -0.3 is 10.2 Å². The minimum Gasteiger partial charge on any atom is -0.328 e. The highest BCUT2D eigenvalue weighted by atomic mass is 35.5. The summed E-state index contributed by atoms with van der Waals surface area (Å²) in [6.45, 7) is 2.20. The van der Waals surface area contributed by atoms with E-state index in [1.807, 2.05) is 58.2 Å². The number of piperazine rings is 1. The van der Waals surface area contributed by atoms with Gasteiger partial charge in [-0.15, -0.1) is 12.4 Å². The number of pyridine rings is 1. The van der Waals surface area contributed by atoms with Gasteiger partial charge in [-0.05, 0) is 43.0 Å². The van der Waals surface area contributed by atoms with Crippen LogP contribution in [0.3, 0.4) is 0 Å². The van der Waals surface area contributed by atoms with E-state index in [2.05, 4.69) is 10.3 Å². The van der Waals surface area contributed by atoms with Gasteiger partial charge in [0, 0.05) is 43.3 Å². The van der Waals surface area contributed by atoms with Gasteiger partial charge in [-0.2, -0.15) is 5.10 Å². The molecule has 1 aromatic carbocycles. The van der Waals surface area contributed by atoms with Crippen LogP contribution in [0.25, 0.3) is 5.69 Å². The van der Waals surface area contributed by atoms with Crippen LogP contribution < -0.4 is 5.32 Å². The second-order valence-corrected chi connectivity index (χ2v) is 7.38. The number of fused-ring (bicyclic) bond motifs is 1. The summed E-state index contributed by atoms with van der Waals surface area (Å²) in [6.07, 6.45) is 6.59. The van der Waals surface area contributed by atoms with Gasteiger partial charge in [-0.3, -0.25) is 9.78 Å². The van der Waals surface area contributed by atoms with Gasteiger partial charge >= 0.3 is 0 Å². The van der Waals surface area contributed by atoms with E-state index < -0.39 is 0 Å². The first-order valence-corrected chi connectivity index (χ1v) is 9.91. The molecule has 0 saturated carbocycles. The first kappa shape index (κ1) is 19.6. The van der Waals surface area contributed by atoms with E-state index in [1.165, 1.54) is 5.69 Å². The summed E-state index contributed by atoms with van der Waals surface area (Å²) < 4.78 is 1.97. The number of amides is 1. The quantitative estimate of drug-likeness (QED) is 0.722. The predicted molar refractivity (Wildman–Crippen MR) is 114 cm³/mol. The van der Waals surface area contributed by atoms with Gasteiger partial charge in [0.1, 0.15) is 0 Å². The van der Waals surface area contributed by atoms with E-state index in [4.69, 9.17) is 5.10 Å². The van der Waals surface area contributed by atoms with Crippen molar-refractivity contribution in [3.63, 3.8) is 0 Å². The SMILES string of the molecule is Cl.O=C(c1nn(-c2ccccc2)c2c1CCC2)N1CCNCC1c1cccnc1. The van der Waals surface area contributed by atoms with Gasteiger partial charge in [0.25, 0.3) is 5.91 Å². The zero-order valence-electron chi connectivity index (χ0n) is 16.1. The maximum atomic E-state index is 13.6. The van der Waals surface area contributed by atoms with Crippen LogP contribution in [-0.4, -0.2) is 45.2 Å². The molecule has 5 rings (SSSR count). The molecule has 0 spiro atoms. The molecule has 1 fully saturated rings. The molecule has 3 aromatic rings. The fraction of sp³-hybridized carbons (Fsp3) is 0.318. The van der Waals surface area contributed by atoms with Crippen molar-refractivity contribution in [3.05, 3.63) is 77.4 Å². The molecule has 0 radical (unpaired) electrons.